The summed E-state index contributed by atoms with van der Waals surface area (Å²) in [5, 5.41) is 2.81. The molecule has 78 valence electrons. The zero-order valence-corrected chi connectivity index (χ0v) is 10.6. The summed E-state index contributed by atoms with van der Waals surface area (Å²) in [6, 6.07) is 4.15. The van der Waals surface area contributed by atoms with Crippen LogP contribution in [-0.2, 0) is 11.2 Å². The van der Waals surface area contributed by atoms with E-state index in [0.717, 1.165) is 18.3 Å². The van der Waals surface area contributed by atoms with Crippen LogP contribution in [0.5, 0.6) is 0 Å². The molecule has 0 aromatic carbocycles. The summed E-state index contributed by atoms with van der Waals surface area (Å²) in [5.41, 5.74) is 0. The number of nitrogens with zero attached hydrogens (tertiary/aromatic N) is 1. The lowest BCUT2D eigenvalue weighted by Gasteiger charge is -2.15. The minimum absolute atomic E-state index is 0.207. The van der Waals surface area contributed by atoms with Gasteiger partial charge >= 0.3 is 0 Å². The zero-order chi connectivity index (χ0) is 10.4. The summed E-state index contributed by atoms with van der Waals surface area (Å²) in [5.74, 6) is 0.207. The molecular weight excluding hydrogens is 262 g/mol. The third kappa shape index (κ3) is 3.80. The van der Waals surface area contributed by atoms with Gasteiger partial charge in [-0.2, -0.15) is 0 Å². The van der Waals surface area contributed by atoms with E-state index in [0.29, 0.717) is 6.42 Å². The van der Waals surface area contributed by atoms with Crippen LogP contribution < -0.4 is 0 Å². The van der Waals surface area contributed by atoms with Crippen molar-refractivity contribution < 1.29 is 4.79 Å². The Morgan fingerprint density at radius 1 is 1.64 bits per heavy atom. The van der Waals surface area contributed by atoms with E-state index < -0.39 is 0 Å². The largest absolute Gasteiger partial charge is 0.345 e. The van der Waals surface area contributed by atoms with E-state index >= 15 is 0 Å². The number of halogens is 1. The predicted octanol–water partition coefficient (Wildman–Crippen LogP) is 2.53. The minimum Gasteiger partial charge on any atom is -0.345 e. The fourth-order valence-corrected chi connectivity index (χ4v) is 2.17. The maximum Gasteiger partial charge on any atom is 0.223 e. The number of carbonyl (C=O) groups is 1. The Morgan fingerprint density at radius 3 is 3.00 bits per heavy atom. The number of carbonyl (C=O) groups excluding carboxylic acids is 1. The number of rotatable bonds is 5. The maximum absolute atomic E-state index is 11.4. The van der Waals surface area contributed by atoms with Gasteiger partial charge in [0.1, 0.15) is 0 Å². The first-order valence-electron chi connectivity index (χ1n) is 4.56. The molecule has 1 heterocycles. The first-order chi connectivity index (χ1) is 6.74. The van der Waals surface area contributed by atoms with Gasteiger partial charge in [0.05, 0.1) is 0 Å². The number of thiophene rings is 1. The van der Waals surface area contributed by atoms with Crippen molar-refractivity contribution in [2.75, 3.05) is 18.9 Å². The van der Waals surface area contributed by atoms with E-state index in [1.165, 1.54) is 4.88 Å². The van der Waals surface area contributed by atoms with Gasteiger partial charge in [0.15, 0.2) is 0 Å². The van der Waals surface area contributed by atoms with E-state index in [1.807, 2.05) is 13.1 Å². The summed E-state index contributed by atoms with van der Waals surface area (Å²) in [7, 11) is 1.86. The lowest BCUT2D eigenvalue weighted by molar-refractivity contribution is -0.129. The number of hydrogen-bond donors (Lipinski definition) is 0. The van der Waals surface area contributed by atoms with Crippen LogP contribution in [0.3, 0.4) is 0 Å². The van der Waals surface area contributed by atoms with Crippen molar-refractivity contribution in [3.8, 4) is 0 Å². The molecule has 0 saturated carbocycles. The summed E-state index contributed by atoms with van der Waals surface area (Å²) in [6.07, 6.45) is 1.54. The molecule has 0 atom stereocenters. The normalized spacial score (nSPS) is 10.1. The molecule has 0 aliphatic heterocycles. The summed E-state index contributed by atoms with van der Waals surface area (Å²) in [4.78, 5) is 14.5. The Bertz CT molecular complexity index is 274. The fraction of sp³-hybridized carbons (Fsp3) is 0.500. The lowest BCUT2D eigenvalue weighted by atomic mass is 10.3. The van der Waals surface area contributed by atoms with Crippen LogP contribution in [0.4, 0.5) is 0 Å². The average molecular weight is 276 g/mol. The highest BCUT2D eigenvalue weighted by molar-refractivity contribution is 9.09. The molecule has 0 spiro atoms. The Kier molecular flexibility index (Phi) is 5.19. The summed E-state index contributed by atoms with van der Waals surface area (Å²) < 4.78 is 0. The molecule has 4 heteroatoms. The van der Waals surface area contributed by atoms with Crippen LogP contribution in [0.2, 0.25) is 0 Å². The van der Waals surface area contributed by atoms with Gasteiger partial charge in [-0.15, -0.1) is 11.3 Å². The fourth-order valence-electron chi connectivity index (χ4n) is 1.13. The lowest BCUT2D eigenvalue weighted by Crippen LogP contribution is -2.28. The number of hydrogen-bond acceptors (Lipinski definition) is 2. The van der Waals surface area contributed by atoms with Gasteiger partial charge in [0.2, 0.25) is 5.91 Å². The Labute approximate surface area is 97.1 Å². The Hall–Kier alpha value is -0.350. The van der Waals surface area contributed by atoms with Crippen LogP contribution in [0.25, 0.3) is 0 Å². The van der Waals surface area contributed by atoms with Gasteiger partial charge in [0, 0.05) is 30.2 Å². The SMILES string of the molecule is CN(CCc1cccs1)C(=O)CCBr. The first-order valence-corrected chi connectivity index (χ1v) is 6.56. The standard InChI is InChI=1S/C10H14BrNOS/c1-12(10(13)4-6-11)7-5-9-3-2-8-14-9/h2-3,8H,4-7H2,1H3. The highest BCUT2D eigenvalue weighted by Crippen LogP contribution is 2.09. The average Bonchev–Trinajstić information content (AvgIpc) is 2.67. The molecule has 14 heavy (non-hydrogen) atoms. The molecule has 0 unspecified atom stereocenters. The van der Waals surface area contributed by atoms with Gasteiger partial charge in [0.25, 0.3) is 0 Å². The quantitative estimate of drug-likeness (QED) is 0.757. The van der Waals surface area contributed by atoms with Crippen molar-refractivity contribution in [1.29, 1.82) is 0 Å². The highest BCUT2D eigenvalue weighted by Gasteiger charge is 2.07. The van der Waals surface area contributed by atoms with Gasteiger partial charge in [-0.3, -0.25) is 4.79 Å². The van der Waals surface area contributed by atoms with Crippen LogP contribution >= 0.6 is 27.3 Å². The minimum atomic E-state index is 0.207. The molecule has 1 aromatic heterocycles. The molecule has 0 aliphatic carbocycles. The molecule has 0 N–H and O–H groups in total. The van der Waals surface area contributed by atoms with Crippen LogP contribution in [0.1, 0.15) is 11.3 Å². The van der Waals surface area contributed by atoms with Crippen molar-refractivity contribution >= 4 is 33.2 Å². The first kappa shape index (κ1) is 11.7. The van der Waals surface area contributed by atoms with Gasteiger partial charge in [-0.1, -0.05) is 22.0 Å². The van der Waals surface area contributed by atoms with Crippen LogP contribution in [0, 0.1) is 0 Å². The molecule has 1 rings (SSSR count). The number of likely N-dealkylation sites (N-methyl/N-ethyl adjacent to an activating group) is 1. The van der Waals surface area contributed by atoms with Crippen molar-refractivity contribution in [2.24, 2.45) is 0 Å². The van der Waals surface area contributed by atoms with Gasteiger partial charge < -0.3 is 4.90 Å². The molecule has 0 saturated heterocycles. The van der Waals surface area contributed by atoms with Crippen LogP contribution in [0.15, 0.2) is 17.5 Å². The topological polar surface area (TPSA) is 20.3 Å². The second-order valence-corrected chi connectivity index (χ2v) is 4.91. The number of alkyl halides is 1. The molecule has 1 amide bonds. The van der Waals surface area contributed by atoms with Crippen molar-refractivity contribution in [3.05, 3.63) is 22.4 Å². The second-order valence-electron chi connectivity index (χ2n) is 3.08. The van der Waals surface area contributed by atoms with Crippen LogP contribution in [-0.4, -0.2) is 29.7 Å². The predicted molar refractivity (Wildman–Crippen MR) is 64.1 cm³/mol. The molecule has 0 aliphatic rings. The van der Waals surface area contributed by atoms with E-state index in [2.05, 4.69) is 27.4 Å². The zero-order valence-electron chi connectivity index (χ0n) is 8.20. The Balaban J connectivity index is 2.27. The summed E-state index contributed by atoms with van der Waals surface area (Å²) >= 11 is 5.01. The monoisotopic (exact) mass is 275 g/mol. The third-order valence-corrected chi connectivity index (χ3v) is 3.34. The van der Waals surface area contributed by atoms with E-state index in [4.69, 9.17) is 0 Å². The molecule has 0 fully saturated rings. The van der Waals surface area contributed by atoms with E-state index in [9.17, 15) is 4.79 Å². The van der Waals surface area contributed by atoms with E-state index in [1.54, 1.807) is 16.2 Å². The van der Waals surface area contributed by atoms with E-state index in [-0.39, 0.29) is 5.91 Å². The molecular formula is C10H14BrNOS. The van der Waals surface area contributed by atoms with Gasteiger partial charge in [-0.05, 0) is 17.9 Å². The second kappa shape index (κ2) is 6.19. The Morgan fingerprint density at radius 2 is 2.43 bits per heavy atom. The van der Waals surface area contributed by atoms with Gasteiger partial charge in [-0.25, -0.2) is 0 Å². The maximum atomic E-state index is 11.4. The van der Waals surface area contributed by atoms with Crippen molar-refractivity contribution in [1.82, 2.24) is 4.90 Å². The summed E-state index contributed by atoms with van der Waals surface area (Å²) in [6.45, 7) is 0.812. The highest BCUT2D eigenvalue weighted by atomic mass is 79.9. The molecule has 2 nitrogen and oxygen atoms in total. The van der Waals surface area contributed by atoms with Crippen molar-refractivity contribution in [3.63, 3.8) is 0 Å². The number of amides is 1. The van der Waals surface area contributed by atoms with Crippen molar-refractivity contribution in [2.45, 2.75) is 12.8 Å². The third-order valence-electron chi connectivity index (χ3n) is 2.01. The smallest absolute Gasteiger partial charge is 0.223 e. The molecule has 0 radical (unpaired) electrons. The molecule has 1 aromatic rings. The molecule has 0 bridgehead atoms.